The quantitative estimate of drug-likeness (QED) is 0.155. The van der Waals surface area contributed by atoms with Gasteiger partial charge in [-0.3, -0.25) is 0 Å². The summed E-state index contributed by atoms with van der Waals surface area (Å²) >= 11 is 0. The fraction of sp³-hybridized carbons (Fsp3) is 0. The van der Waals surface area contributed by atoms with Gasteiger partial charge in [0.1, 0.15) is 0 Å². The number of nitrogens with zero attached hydrogens (tertiary/aromatic N) is 1. The van der Waals surface area contributed by atoms with E-state index in [0.29, 0.717) is 0 Å². The van der Waals surface area contributed by atoms with Gasteiger partial charge >= 0.3 is 0 Å². The second kappa shape index (κ2) is 10.6. The summed E-state index contributed by atoms with van der Waals surface area (Å²) in [7, 11) is 0. The average Bonchev–Trinajstić information content (AvgIpc) is 3.80. The molecule has 0 N–H and O–H groups in total. The first kappa shape index (κ1) is 30.4. The lowest BCUT2D eigenvalue weighted by molar-refractivity contribution is 1.38. The average molecular weight is 742 g/mol. The predicted molar refractivity (Wildman–Crippen MR) is 254 cm³/mol. The fourth-order valence-electron chi connectivity index (χ4n) is 11.6. The maximum absolute atomic E-state index is 2.60. The van der Waals surface area contributed by atoms with Crippen molar-refractivity contribution >= 4 is 124 Å². The van der Waals surface area contributed by atoms with Crippen molar-refractivity contribution in [2.45, 2.75) is 0 Å². The summed E-state index contributed by atoms with van der Waals surface area (Å²) in [6.45, 7) is 0. The smallest absolute Gasteiger partial charge is 0.0620 e. The maximum Gasteiger partial charge on any atom is 0.0620 e. The predicted octanol–water partition coefficient (Wildman–Crippen LogP) is 16.3. The van der Waals surface area contributed by atoms with Gasteiger partial charge in [0.25, 0.3) is 0 Å². The molecular weight excluding hydrogens is 711 g/mol. The molecule has 2 heterocycles. The van der Waals surface area contributed by atoms with Crippen LogP contribution in [-0.4, -0.2) is 4.40 Å². The third-order valence-electron chi connectivity index (χ3n) is 13.9. The minimum Gasteiger partial charge on any atom is -0.308 e. The lowest BCUT2D eigenvalue weighted by atomic mass is 9.86. The van der Waals surface area contributed by atoms with Gasteiger partial charge in [0.2, 0.25) is 0 Å². The molecule has 15 rings (SSSR count). The fourth-order valence-corrected chi connectivity index (χ4v) is 11.6. The Bertz CT molecular complexity index is 3990. The summed E-state index contributed by atoms with van der Waals surface area (Å²) in [6, 6.07) is 71.3. The van der Waals surface area contributed by atoms with Gasteiger partial charge in [-0.2, -0.15) is 0 Å². The van der Waals surface area contributed by atoms with Gasteiger partial charge in [-0.1, -0.05) is 176 Å². The van der Waals surface area contributed by atoms with Gasteiger partial charge in [0.05, 0.1) is 16.6 Å². The summed E-state index contributed by atoms with van der Waals surface area (Å²) in [5.74, 6) is 0. The lowest BCUT2D eigenvalue weighted by Crippen LogP contribution is -1.91. The van der Waals surface area contributed by atoms with Crippen LogP contribution in [0.4, 0.5) is 0 Å². The molecule has 59 heavy (non-hydrogen) atoms. The number of benzene rings is 13. The molecule has 0 aliphatic heterocycles. The molecule has 0 radical (unpaired) electrons. The van der Waals surface area contributed by atoms with Crippen molar-refractivity contribution in [1.29, 1.82) is 0 Å². The zero-order chi connectivity index (χ0) is 38.1. The number of hydrogen-bond acceptors (Lipinski definition) is 0. The van der Waals surface area contributed by atoms with Crippen LogP contribution < -0.4 is 0 Å². The first-order valence-electron chi connectivity index (χ1n) is 20.7. The lowest BCUT2D eigenvalue weighted by Gasteiger charge is -2.18. The minimum absolute atomic E-state index is 1.25. The van der Waals surface area contributed by atoms with E-state index in [2.05, 4.69) is 192 Å². The van der Waals surface area contributed by atoms with E-state index in [1.807, 2.05) is 0 Å². The molecule has 268 valence electrons. The van der Waals surface area contributed by atoms with E-state index in [9.17, 15) is 0 Å². The summed E-state index contributed by atoms with van der Waals surface area (Å²) in [5, 5.41) is 26.1. The van der Waals surface area contributed by atoms with Gasteiger partial charge in [0, 0.05) is 32.7 Å². The molecule has 2 aromatic heterocycles. The van der Waals surface area contributed by atoms with Crippen molar-refractivity contribution in [3.05, 3.63) is 188 Å². The summed E-state index contributed by atoms with van der Waals surface area (Å²) in [4.78, 5) is 0. The molecule has 0 bridgehead atoms. The molecule has 0 saturated carbocycles. The second-order valence-electron chi connectivity index (χ2n) is 16.7. The zero-order valence-corrected chi connectivity index (χ0v) is 31.8. The largest absolute Gasteiger partial charge is 0.308 e. The Balaban J connectivity index is 1.13. The molecule has 0 amide bonds. The normalized spacial score (nSPS) is 12.7. The summed E-state index contributed by atoms with van der Waals surface area (Å²) in [6.07, 6.45) is 0. The van der Waals surface area contributed by atoms with Crippen LogP contribution in [0.15, 0.2) is 188 Å². The van der Waals surface area contributed by atoms with E-state index in [-0.39, 0.29) is 0 Å². The van der Waals surface area contributed by atoms with E-state index in [0.717, 1.165) is 0 Å². The molecule has 0 fully saturated rings. The van der Waals surface area contributed by atoms with Crippen LogP contribution in [0.3, 0.4) is 0 Å². The zero-order valence-electron chi connectivity index (χ0n) is 31.8. The van der Waals surface area contributed by atoms with Crippen molar-refractivity contribution in [1.82, 2.24) is 4.40 Å². The highest BCUT2D eigenvalue weighted by molar-refractivity contribution is 6.36. The van der Waals surface area contributed by atoms with Crippen LogP contribution in [0.1, 0.15) is 0 Å². The van der Waals surface area contributed by atoms with Crippen molar-refractivity contribution in [2.75, 3.05) is 0 Å². The van der Waals surface area contributed by atoms with Crippen LogP contribution in [-0.2, 0) is 0 Å². The highest BCUT2D eigenvalue weighted by Crippen LogP contribution is 2.52. The number of aromatic nitrogens is 1. The third kappa shape index (κ3) is 3.68. The van der Waals surface area contributed by atoms with Crippen LogP contribution in [0, 0.1) is 0 Å². The highest BCUT2D eigenvalue weighted by Gasteiger charge is 2.26. The Hall–Kier alpha value is -7.74. The maximum atomic E-state index is 2.60. The molecule has 0 aliphatic carbocycles. The van der Waals surface area contributed by atoms with E-state index < -0.39 is 0 Å². The van der Waals surface area contributed by atoms with Crippen LogP contribution >= 0.6 is 0 Å². The molecule has 0 spiro atoms. The number of para-hydroxylation sites is 1. The molecule has 1 nitrogen and oxygen atoms in total. The molecule has 13 aromatic carbocycles. The number of hydrogen-bond donors (Lipinski definition) is 0. The van der Waals surface area contributed by atoms with Crippen LogP contribution in [0.5, 0.6) is 0 Å². The Morgan fingerprint density at radius 1 is 0.237 bits per heavy atom. The van der Waals surface area contributed by atoms with Gasteiger partial charge in [-0.15, -0.1) is 0 Å². The first-order valence-corrected chi connectivity index (χ1v) is 20.7. The first-order chi connectivity index (χ1) is 29.3. The Labute approximate surface area is 337 Å². The standard InChI is InChI=1S/C58H31N/c1-3-14-40-38(8-1)30-48-56(54(40)44-28-24-36-20-18-32-10-5-12-34-22-26-42(44)52(36)50(32)34)46-16-7-17-47-57-49(59(48)58(46)47)31-39-9-2-4-15-41(39)55(57)45-29-25-37-21-19-33-11-6-13-35-23-27-43(45)53(37)51(33)35/h1-31H. The molecular formula is C58H31N. The number of rotatable bonds is 2. The molecule has 15 aromatic rings. The Morgan fingerprint density at radius 2 is 0.593 bits per heavy atom. The molecule has 1 heteroatoms. The van der Waals surface area contributed by atoms with E-state index in [4.69, 9.17) is 0 Å². The molecule has 0 aliphatic rings. The van der Waals surface area contributed by atoms with Crippen LogP contribution in [0.2, 0.25) is 0 Å². The van der Waals surface area contributed by atoms with Crippen LogP contribution in [0.25, 0.3) is 147 Å². The summed E-state index contributed by atoms with van der Waals surface area (Å²) in [5.41, 5.74) is 9.00. The monoisotopic (exact) mass is 741 g/mol. The van der Waals surface area contributed by atoms with E-state index in [1.165, 1.54) is 147 Å². The highest BCUT2D eigenvalue weighted by atomic mass is 14.9. The SMILES string of the molecule is c1ccc2c(-c3ccc4ccc5cccc6ccc3c4c56)c3c4cccc5c6c(-c7ccc8ccc9cccc%10ccc7c8c9%10)c7ccccc7cc6n(c3cc2c1)c45. The van der Waals surface area contributed by atoms with Crippen molar-refractivity contribution in [2.24, 2.45) is 0 Å². The van der Waals surface area contributed by atoms with Gasteiger partial charge in [-0.05, 0) is 109 Å². The Morgan fingerprint density at radius 3 is 1.07 bits per heavy atom. The minimum atomic E-state index is 1.25. The van der Waals surface area contributed by atoms with Crippen molar-refractivity contribution in [3.63, 3.8) is 0 Å². The second-order valence-corrected chi connectivity index (χ2v) is 16.7. The van der Waals surface area contributed by atoms with Gasteiger partial charge < -0.3 is 4.40 Å². The Kier molecular flexibility index (Phi) is 5.46. The molecule has 0 unspecified atom stereocenters. The van der Waals surface area contributed by atoms with Crippen molar-refractivity contribution < 1.29 is 0 Å². The molecule has 0 atom stereocenters. The topological polar surface area (TPSA) is 4.41 Å². The third-order valence-corrected chi connectivity index (χ3v) is 13.9. The molecule has 0 saturated heterocycles. The van der Waals surface area contributed by atoms with E-state index >= 15 is 0 Å². The number of fused-ring (bicyclic) bond motifs is 8. The van der Waals surface area contributed by atoms with Crippen molar-refractivity contribution in [3.8, 4) is 22.3 Å². The van der Waals surface area contributed by atoms with E-state index in [1.54, 1.807) is 0 Å². The summed E-state index contributed by atoms with van der Waals surface area (Å²) < 4.78 is 2.60. The van der Waals surface area contributed by atoms with Gasteiger partial charge in [-0.25, -0.2) is 0 Å². The van der Waals surface area contributed by atoms with Gasteiger partial charge in [0.15, 0.2) is 0 Å².